The molecule has 5 heteroatoms. The van der Waals surface area contributed by atoms with Crippen LogP contribution in [0.1, 0.15) is 18.1 Å². The Bertz CT molecular complexity index is 347. The van der Waals surface area contributed by atoms with Crippen molar-refractivity contribution in [1.29, 1.82) is 0 Å². The van der Waals surface area contributed by atoms with Crippen LogP contribution in [0, 0.1) is 0 Å². The Morgan fingerprint density at radius 1 is 1.33 bits per heavy atom. The lowest BCUT2D eigenvalue weighted by Crippen LogP contribution is -2.08. The molecule has 0 aliphatic heterocycles. The van der Waals surface area contributed by atoms with Gasteiger partial charge in [-0.05, 0) is 13.0 Å². The summed E-state index contributed by atoms with van der Waals surface area (Å²) in [5.74, 6) is 0. The van der Waals surface area contributed by atoms with Crippen molar-refractivity contribution in [3.8, 4) is 0 Å². The van der Waals surface area contributed by atoms with Crippen molar-refractivity contribution < 1.29 is 18.0 Å². The Hall–Kier alpha value is -1.52. The van der Waals surface area contributed by atoms with Crippen LogP contribution in [0.5, 0.6) is 0 Å². The molecule has 0 saturated carbocycles. The van der Waals surface area contributed by atoms with E-state index in [2.05, 4.69) is 9.99 Å². The highest BCUT2D eigenvalue weighted by atomic mass is 19.4. The summed E-state index contributed by atoms with van der Waals surface area (Å²) in [5, 5.41) is 3.41. The molecule has 1 rings (SSSR count). The molecule has 0 bridgehead atoms. The van der Waals surface area contributed by atoms with Gasteiger partial charge in [-0.3, -0.25) is 0 Å². The summed E-state index contributed by atoms with van der Waals surface area (Å²) in [6, 6.07) is 5.20. The van der Waals surface area contributed by atoms with Gasteiger partial charge in [0.1, 0.15) is 6.61 Å². The lowest BCUT2D eigenvalue weighted by Gasteiger charge is -2.08. The van der Waals surface area contributed by atoms with Gasteiger partial charge in [-0.2, -0.15) is 13.2 Å². The minimum absolute atomic E-state index is 0.00144. The summed E-state index contributed by atoms with van der Waals surface area (Å²) in [5.41, 5.74) is -0.716. The van der Waals surface area contributed by atoms with E-state index in [0.29, 0.717) is 6.61 Å². The third-order valence-electron chi connectivity index (χ3n) is 1.66. The van der Waals surface area contributed by atoms with Crippen molar-refractivity contribution in [3.63, 3.8) is 0 Å². The van der Waals surface area contributed by atoms with Crippen LogP contribution in [0.25, 0.3) is 0 Å². The van der Waals surface area contributed by atoms with Crippen molar-refractivity contribution in [2.24, 2.45) is 5.16 Å². The van der Waals surface area contributed by atoms with Crippen molar-refractivity contribution in [2.75, 3.05) is 6.61 Å². The lowest BCUT2D eigenvalue weighted by atomic mass is 10.1. The van der Waals surface area contributed by atoms with Gasteiger partial charge < -0.3 is 4.84 Å². The molecule has 0 amide bonds. The van der Waals surface area contributed by atoms with Gasteiger partial charge in [0.05, 0.1) is 11.8 Å². The molecule has 15 heavy (non-hydrogen) atoms. The molecule has 0 saturated heterocycles. The molecular weight excluding hydrogens is 207 g/mol. The van der Waals surface area contributed by atoms with Gasteiger partial charge in [-0.1, -0.05) is 23.4 Å². The monoisotopic (exact) mass is 217 g/mol. The van der Waals surface area contributed by atoms with E-state index in [1.54, 1.807) is 6.92 Å². The van der Waals surface area contributed by atoms with Crippen LogP contribution in [0.15, 0.2) is 29.4 Å². The molecule has 0 heterocycles. The Morgan fingerprint density at radius 2 is 2.00 bits per heavy atom. The molecule has 0 N–H and O–H groups in total. The van der Waals surface area contributed by atoms with E-state index in [1.165, 1.54) is 18.2 Å². The van der Waals surface area contributed by atoms with Gasteiger partial charge in [0, 0.05) is 5.56 Å². The molecule has 0 aliphatic carbocycles. The molecule has 0 spiro atoms. The first kappa shape index (κ1) is 11.6. The van der Waals surface area contributed by atoms with E-state index in [9.17, 15) is 13.2 Å². The highest BCUT2D eigenvalue weighted by Gasteiger charge is 2.32. The van der Waals surface area contributed by atoms with E-state index >= 15 is 0 Å². The fraction of sp³-hybridized carbons (Fsp3) is 0.300. The third kappa shape index (κ3) is 3.27. The van der Waals surface area contributed by atoms with Crippen LogP contribution in [0.2, 0.25) is 0 Å². The number of hydrogen-bond donors (Lipinski definition) is 0. The molecular formula is C10H10F3NO. The molecule has 0 aliphatic rings. The number of rotatable bonds is 3. The minimum atomic E-state index is -4.37. The Labute approximate surface area is 85.4 Å². The van der Waals surface area contributed by atoms with Gasteiger partial charge in [-0.15, -0.1) is 0 Å². The normalized spacial score (nSPS) is 12.0. The minimum Gasteiger partial charge on any atom is -0.396 e. The zero-order valence-electron chi connectivity index (χ0n) is 8.08. The van der Waals surface area contributed by atoms with Crippen LogP contribution >= 0.6 is 0 Å². The van der Waals surface area contributed by atoms with Crippen molar-refractivity contribution >= 4 is 6.21 Å². The van der Waals surface area contributed by atoms with E-state index in [0.717, 1.165) is 12.3 Å². The standard InChI is InChI=1S/C10H10F3NO/c1-2-15-14-7-8-5-3-4-6-9(8)10(11,12)13/h3-7H,2H2,1H3. The molecule has 0 radical (unpaired) electrons. The van der Waals surface area contributed by atoms with E-state index in [-0.39, 0.29) is 5.56 Å². The van der Waals surface area contributed by atoms with Crippen LogP contribution in [0.3, 0.4) is 0 Å². The SMILES string of the molecule is CCON=Cc1ccccc1C(F)(F)F. The average Bonchev–Trinajstić information content (AvgIpc) is 2.17. The first-order valence-electron chi connectivity index (χ1n) is 4.37. The number of benzene rings is 1. The number of alkyl halides is 3. The molecule has 0 atom stereocenters. The Balaban J connectivity index is 2.97. The maximum absolute atomic E-state index is 12.5. The summed E-state index contributed by atoms with van der Waals surface area (Å²) in [6.07, 6.45) is -3.30. The predicted molar refractivity (Wildman–Crippen MR) is 50.7 cm³/mol. The van der Waals surface area contributed by atoms with Gasteiger partial charge in [0.2, 0.25) is 0 Å². The topological polar surface area (TPSA) is 21.6 Å². The summed E-state index contributed by atoms with van der Waals surface area (Å²) in [7, 11) is 0. The maximum Gasteiger partial charge on any atom is 0.417 e. The van der Waals surface area contributed by atoms with Crippen molar-refractivity contribution in [1.82, 2.24) is 0 Å². The molecule has 0 unspecified atom stereocenters. The maximum atomic E-state index is 12.5. The summed E-state index contributed by atoms with van der Waals surface area (Å²) in [6.45, 7) is 2.03. The number of oxime groups is 1. The second kappa shape index (κ2) is 4.82. The van der Waals surface area contributed by atoms with E-state index < -0.39 is 11.7 Å². The van der Waals surface area contributed by atoms with Gasteiger partial charge in [-0.25, -0.2) is 0 Å². The van der Waals surface area contributed by atoms with Gasteiger partial charge in [0.25, 0.3) is 0 Å². The molecule has 82 valence electrons. The zero-order valence-corrected chi connectivity index (χ0v) is 8.08. The predicted octanol–water partition coefficient (Wildman–Crippen LogP) is 3.08. The number of nitrogens with zero attached hydrogens (tertiary/aromatic N) is 1. The van der Waals surface area contributed by atoms with Crippen molar-refractivity contribution in [2.45, 2.75) is 13.1 Å². The molecule has 2 nitrogen and oxygen atoms in total. The quantitative estimate of drug-likeness (QED) is 0.563. The second-order valence-corrected chi connectivity index (χ2v) is 2.74. The van der Waals surface area contributed by atoms with Gasteiger partial charge in [0.15, 0.2) is 0 Å². The van der Waals surface area contributed by atoms with Crippen LogP contribution < -0.4 is 0 Å². The third-order valence-corrected chi connectivity index (χ3v) is 1.66. The molecule has 1 aromatic rings. The van der Waals surface area contributed by atoms with Crippen LogP contribution in [-0.4, -0.2) is 12.8 Å². The molecule has 0 aromatic heterocycles. The molecule has 1 aromatic carbocycles. The zero-order chi connectivity index (χ0) is 11.3. The Morgan fingerprint density at radius 3 is 2.60 bits per heavy atom. The summed E-state index contributed by atoms with van der Waals surface area (Å²) >= 11 is 0. The summed E-state index contributed by atoms with van der Waals surface area (Å²) in [4.78, 5) is 4.61. The number of halogens is 3. The fourth-order valence-corrected chi connectivity index (χ4v) is 1.04. The average molecular weight is 217 g/mol. The number of hydrogen-bond acceptors (Lipinski definition) is 2. The van der Waals surface area contributed by atoms with Crippen LogP contribution in [-0.2, 0) is 11.0 Å². The van der Waals surface area contributed by atoms with E-state index in [1.807, 2.05) is 0 Å². The van der Waals surface area contributed by atoms with Crippen molar-refractivity contribution in [3.05, 3.63) is 35.4 Å². The highest BCUT2D eigenvalue weighted by Crippen LogP contribution is 2.30. The smallest absolute Gasteiger partial charge is 0.396 e. The van der Waals surface area contributed by atoms with E-state index in [4.69, 9.17) is 0 Å². The second-order valence-electron chi connectivity index (χ2n) is 2.74. The summed E-state index contributed by atoms with van der Waals surface area (Å²) < 4.78 is 37.4. The molecule has 0 fully saturated rings. The van der Waals surface area contributed by atoms with Gasteiger partial charge >= 0.3 is 6.18 Å². The first-order chi connectivity index (χ1) is 7.05. The van der Waals surface area contributed by atoms with Crippen LogP contribution in [0.4, 0.5) is 13.2 Å². The lowest BCUT2D eigenvalue weighted by molar-refractivity contribution is -0.137. The highest BCUT2D eigenvalue weighted by molar-refractivity contribution is 5.81. The fourth-order valence-electron chi connectivity index (χ4n) is 1.04. The first-order valence-corrected chi connectivity index (χ1v) is 4.37. The Kier molecular flexibility index (Phi) is 3.71. The largest absolute Gasteiger partial charge is 0.417 e.